The van der Waals surface area contributed by atoms with Crippen molar-refractivity contribution in [3.63, 3.8) is 0 Å². The van der Waals surface area contributed by atoms with Crippen molar-refractivity contribution in [2.24, 2.45) is 0 Å². The minimum Gasteiger partial charge on any atom is -0.440 e. The molecule has 0 unspecified atom stereocenters. The highest BCUT2D eigenvalue weighted by Gasteiger charge is 2.29. The number of halogens is 1. The van der Waals surface area contributed by atoms with E-state index in [4.69, 9.17) is 20.5 Å². The van der Waals surface area contributed by atoms with E-state index in [1.807, 2.05) is 25.1 Å². The van der Waals surface area contributed by atoms with Crippen LogP contribution in [0.4, 0.5) is 0 Å². The average molecular weight is 347 g/mol. The van der Waals surface area contributed by atoms with Gasteiger partial charge in [-0.05, 0) is 58.0 Å². The van der Waals surface area contributed by atoms with Crippen molar-refractivity contribution >= 4 is 22.7 Å². The van der Waals surface area contributed by atoms with Crippen LogP contribution in [0.1, 0.15) is 49.3 Å². The molecule has 1 aliphatic heterocycles. The van der Waals surface area contributed by atoms with E-state index in [9.17, 15) is 0 Å². The summed E-state index contributed by atoms with van der Waals surface area (Å²) in [6, 6.07) is 5.69. The second-order valence-corrected chi connectivity index (χ2v) is 6.77. The molecule has 0 bridgehead atoms. The summed E-state index contributed by atoms with van der Waals surface area (Å²) in [5.41, 5.74) is 1.63. The van der Waals surface area contributed by atoms with Gasteiger partial charge >= 0.3 is 0 Å². The van der Waals surface area contributed by atoms with Crippen LogP contribution in [0, 0.1) is 6.92 Å². The largest absolute Gasteiger partial charge is 0.440 e. The van der Waals surface area contributed by atoms with E-state index in [0.717, 1.165) is 42.9 Å². The average Bonchev–Trinajstić information content (AvgIpc) is 3.20. The van der Waals surface area contributed by atoms with Crippen molar-refractivity contribution < 1.29 is 8.94 Å². The third-order valence-corrected chi connectivity index (χ3v) is 4.93. The topological polar surface area (TPSA) is 68.2 Å². The highest BCUT2D eigenvalue weighted by Crippen LogP contribution is 2.33. The predicted molar refractivity (Wildman–Crippen MR) is 90.0 cm³/mol. The number of nitrogens with zero attached hydrogens (tertiary/aromatic N) is 4. The van der Waals surface area contributed by atoms with Crippen molar-refractivity contribution in [1.82, 2.24) is 20.0 Å². The second-order valence-electron chi connectivity index (χ2n) is 6.33. The SMILES string of the molecule is Cc1noc([C@@H](C)N2CCC(c3nc4cc(Cl)ccc4o3)CC2)n1. The van der Waals surface area contributed by atoms with Gasteiger partial charge in [-0.3, -0.25) is 4.90 Å². The molecule has 0 N–H and O–H groups in total. The van der Waals surface area contributed by atoms with Crippen LogP contribution in [-0.4, -0.2) is 33.1 Å². The Morgan fingerprint density at radius 1 is 1.25 bits per heavy atom. The molecule has 24 heavy (non-hydrogen) atoms. The van der Waals surface area contributed by atoms with Crippen LogP contribution >= 0.6 is 11.6 Å². The lowest BCUT2D eigenvalue weighted by Gasteiger charge is -2.33. The first kappa shape index (κ1) is 15.6. The molecule has 1 aromatic carbocycles. The summed E-state index contributed by atoms with van der Waals surface area (Å²) in [6.07, 6.45) is 2.00. The van der Waals surface area contributed by atoms with Gasteiger partial charge in [0.25, 0.3) is 0 Å². The number of hydrogen-bond donors (Lipinski definition) is 0. The lowest BCUT2D eigenvalue weighted by atomic mass is 9.96. The van der Waals surface area contributed by atoms with Gasteiger partial charge in [0.05, 0.1) is 6.04 Å². The molecule has 2 aromatic heterocycles. The van der Waals surface area contributed by atoms with Gasteiger partial charge in [-0.25, -0.2) is 4.98 Å². The first-order valence-electron chi connectivity index (χ1n) is 8.20. The molecule has 6 nitrogen and oxygen atoms in total. The zero-order valence-corrected chi connectivity index (χ0v) is 14.5. The summed E-state index contributed by atoms with van der Waals surface area (Å²) in [7, 11) is 0. The van der Waals surface area contributed by atoms with Gasteiger partial charge in [-0.2, -0.15) is 4.98 Å². The van der Waals surface area contributed by atoms with Crippen molar-refractivity contribution in [1.29, 1.82) is 0 Å². The van der Waals surface area contributed by atoms with Crippen molar-refractivity contribution in [2.45, 2.75) is 38.6 Å². The summed E-state index contributed by atoms with van der Waals surface area (Å²) in [5, 5.41) is 4.56. The number of oxazole rings is 1. The quantitative estimate of drug-likeness (QED) is 0.710. The molecule has 1 atom stereocenters. The molecule has 0 amide bonds. The maximum atomic E-state index is 6.02. The summed E-state index contributed by atoms with van der Waals surface area (Å²) in [4.78, 5) is 11.3. The number of aromatic nitrogens is 3. The first-order valence-corrected chi connectivity index (χ1v) is 8.58. The van der Waals surface area contributed by atoms with Crippen LogP contribution in [0.2, 0.25) is 5.02 Å². The Bertz CT molecular complexity index is 851. The van der Waals surface area contributed by atoms with E-state index < -0.39 is 0 Å². The molecule has 4 rings (SSSR count). The molecular weight excluding hydrogens is 328 g/mol. The van der Waals surface area contributed by atoms with Gasteiger partial charge in [0.15, 0.2) is 17.3 Å². The highest BCUT2D eigenvalue weighted by atomic mass is 35.5. The van der Waals surface area contributed by atoms with Gasteiger partial charge in [-0.15, -0.1) is 0 Å². The second kappa shape index (κ2) is 6.18. The van der Waals surface area contributed by atoms with E-state index in [0.29, 0.717) is 22.7 Å². The molecule has 1 fully saturated rings. The summed E-state index contributed by atoms with van der Waals surface area (Å²) in [6.45, 7) is 5.85. The van der Waals surface area contributed by atoms with Crippen LogP contribution in [-0.2, 0) is 0 Å². The van der Waals surface area contributed by atoms with E-state index in [-0.39, 0.29) is 6.04 Å². The van der Waals surface area contributed by atoms with E-state index in [2.05, 4.69) is 26.9 Å². The maximum Gasteiger partial charge on any atom is 0.243 e. The summed E-state index contributed by atoms with van der Waals surface area (Å²) >= 11 is 6.02. The Morgan fingerprint density at radius 3 is 2.75 bits per heavy atom. The van der Waals surface area contributed by atoms with Crippen molar-refractivity contribution in [3.8, 4) is 0 Å². The van der Waals surface area contributed by atoms with Crippen LogP contribution < -0.4 is 0 Å². The predicted octanol–water partition coefficient (Wildman–Crippen LogP) is 4.11. The van der Waals surface area contributed by atoms with Crippen LogP contribution in [0.3, 0.4) is 0 Å². The minimum absolute atomic E-state index is 0.134. The lowest BCUT2D eigenvalue weighted by Crippen LogP contribution is -2.35. The number of benzene rings is 1. The monoisotopic (exact) mass is 346 g/mol. The Kier molecular flexibility index (Phi) is 4.02. The molecule has 7 heteroatoms. The molecule has 0 radical (unpaired) electrons. The summed E-state index contributed by atoms with van der Waals surface area (Å²) < 4.78 is 11.2. The molecule has 3 aromatic rings. The highest BCUT2D eigenvalue weighted by molar-refractivity contribution is 6.31. The maximum absolute atomic E-state index is 6.02. The first-order chi connectivity index (χ1) is 11.6. The van der Waals surface area contributed by atoms with Gasteiger partial charge in [-0.1, -0.05) is 16.8 Å². The molecule has 1 saturated heterocycles. The van der Waals surface area contributed by atoms with E-state index in [1.54, 1.807) is 0 Å². The van der Waals surface area contributed by atoms with Gasteiger partial charge in [0.1, 0.15) is 5.52 Å². The molecule has 0 saturated carbocycles. The number of hydrogen-bond acceptors (Lipinski definition) is 6. The summed E-state index contributed by atoms with van der Waals surface area (Å²) in [5.74, 6) is 2.51. The molecule has 0 spiro atoms. The van der Waals surface area contributed by atoms with Gasteiger partial charge in [0.2, 0.25) is 5.89 Å². The normalized spacial score (nSPS) is 18.3. The van der Waals surface area contributed by atoms with Crippen LogP contribution in [0.25, 0.3) is 11.1 Å². The van der Waals surface area contributed by atoms with Crippen LogP contribution in [0.5, 0.6) is 0 Å². The molecular formula is C17H19ClN4O2. The zero-order valence-electron chi connectivity index (χ0n) is 13.7. The number of aryl methyl sites for hydroxylation is 1. The minimum atomic E-state index is 0.134. The van der Waals surface area contributed by atoms with Gasteiger partial charge < -0.3 is 8.94 Å². The number of rotatable bonds is 3. The smallest absolute Gasteiger partial charge is 0.243 e. The standard InChI is InChI=1S/C17H19ClN4O2/c1-10(16-19-11(2)21-24-16)22-7-5-12(6-8-22)17-20-14-9-13(18)3-4-15(14)23-17/h3-4,9-10,12H,5-8H2,1-2H3/t10-/m1/s1. The zero-order chi connectivity index (χ0) is 16.7. The van der Waals surface area contributed by atoms with Crippen molar-refractivity contribution in [3.05, 3.63) is 40.8 Å². The third-order valence-electron chi connectivity index (χ3n) is 4.69. The molecule has 0 aliphatic carbocycles. The number of fused-ring (bicyclic) bond motifs is 1. The molecule has 3 heterocycles. The van der Waals surface area contributed by atoms with E-state index >= 15 is 0 Å². The van der Waals surface area contributed by atoms with Gasteiger partial charge in [0, 0.05) is 10.9 Å². The Labute approximate surface area is 144 Å². The fourth-order valence-electron chi connectivity index (χ4n) is 3.27. The van der Waals surface area contributed by atoms with E-state index in [1.165, 1.54) is 0 Å². The molecule has 126 valence electrons. The number of likely N-dealkylation sites (tertiary alicyclic amines) is 1. The molecule has 1 aliphatic rings. The Morgan fingerprint density at radius 2 is 2.04 bits per heavy atom. The lowest BCUT2D eigenvalue weighted by molar-refractivity contribution is 0.131. The Balaban J connectivity index is 1.45. The van der Waals surface area contributed by atoms with Crippen molar-refractivity contribution in [2.75, 3.05) is 13.1 Å². The van der Waals surface area contributed by atoms with Crippen LogP contribution in [0.15, 0.2) is 27.1 Å². The third kappa shape index (κ3) is 2.91. The fraction of sp³-hybridized carbons (Fsp3) is 0.471. The Hall–Kier alpha value is -1.92. The number of piperidine rings is 1. The fourth-order valence-corrected chi connectivity index (χ4v) is 3.43.